The van der Waals surface area contributed by atoms with E-state index in [0.717, 1.165) is 22.9 Å². The second-order valence-corrected chi connectivity index (χ2v) is 8.67. The highest BCUT2D eigenvalue weighted by atomic mass is 32.2. The number of nitrogen functional groups attached to an aromatic ring is 1. The second kappa shape index (κ2) is 7.10. The van der Waals surface area contributed by atoms with Crippen LogP contribution in [0, 0.1) is 0 Å². The third kappa shape index (κ3) is 3.85. The van der Waals surface area contributed by atoms with Gasteiger partial charge in [-0.2, -0.15) is 0 Å². The van der Waals surface area contributed by atoms with Gasteiger partial charge in [-0.05, 0) is 41.5 Å². The lowest BCUT2D eigenvalue weighted by Crippen LogP contribution is -2.23. The van der Waals surface area contributed by atoms with Gasteiger partial charge in [-0.25, -0.2) is 13.4 Å². The Bertz CT molecular complexity index is 1290. The molecule has 4 N–H and O–H groups in total. The molecule has 0 atom stereocenters. The van der Waals surface area contributed by atoms with Crippen LogP contribution >= 0.6 is 0 Å². The number of benzene rings is 2. The number of carbonyl (C=O) groups is 1. The molecule has 4 rings (SSSR count). The molecule has 0 bridgehead atoms. The Balaban J connectivity index is 1.61. The van der Waals surface area contributed by atoms with Gasteiger partial charge in [-0.1, -0.05) is 12.1 Å². The molecule has 0 spiro atoms. The Morgan fingerprint density at radius 3 is 2.59 bits per heavy atom. The monoisotopic (exact) mass is 410 g/mol. The zero-order valence-electron chi connectivity index (χ0n) is 15.5. The third-order valence-electron chi connectivity index (χ3n) is 4.51. The number of carbonyl (C=O) groups excluding carboxylic acids is 1. The average molecular weight is 410 g/mol. The van der Waals surface area contributed by atoms with Crippen molar-refractivity contribution in [1.82, 2.24) is 15.3 Å². The fraction of sp³-hybridized carbons (Fsp3) is 0.100. The summed E-state index contributed by atoms with van der Waals surface area (Å²) in [5, 5.41) is 2.84. The third-order valence-corrected chi connectivity index (χ3v) is 5.64. The number of sulfone groups is 1. The molecule has 2 aromatic heterocycles. The molecule has 1 amide bonds. The maximum absolute atomic E-state index is 12.9. The summed E-state index contributed by atoms with van der Waals surface area (Å²) in [5.74, 6) is -0.103. The lowest BCUT2D eigenvalue weighted by Gasteiger charge is -2.08. The molecule has 0 aliphatic carbocycles. The van der Waals surface area contributed by atoms with Crippen molar-refractivity contribution in [1.29, 1.82) is 0 Å². The molecule has 2 aromatic carbocycles. The van der Waals surface area contributed by atoms with Crippen LogP contribution in [-0.4, -0.2) is 30.5 Å². The number of hydrogen-bond acceptors (Lipinski definition) is 6. The van der Waals surface area contributed by atoms with Crippen molar-refractivity contribution >= 4 is 32.7 Å². The summed E-state index contributed by atoms with van der Waals surface area (Å²) >= 11 is 0. The topological polar surface area (TPSA) is 131 Å². The normalized spacial score (nSPS) is 11.6. The van der Waals surface area contributed by atoms with E-state index in [1.54, 1.807) is 36.8 Å². The Morgan fingerprint density at radius 2 is 1.93 bits per heavy atom. The number of imidazole rings is 1. The van der Waals surface area contributed by atoms with Crippen LogP contribution in [0.2, 0.25) is 0 Å². The molecule has 0 radical (unpaired) electrons. The smallest absolute Gasteiger partial charge is 0.253 e. The van der Waals surface area contributed by atoms with Crippen LogP contribution < -0.4 is 11.1 Å². The summed E-state index contributed by atoms with van der Waals surface area (Å²) in [5.41, 5.74) is 9.65. The van der Waals surface area contributed by atoms with E-state index < -0.39 is 9.84 Å². The molecule has 8 nitrogen and oxygen atoms in total. The van der Waals surface area contributed by atoms with Crippen LogP contribution in [0.15, 0.2) is 64.3 Å². The van der Waals surface area contributed by atoms with E-state index in [2.05, 4.69) is 15.3 Å². The summed E-state index contributed by atoms with van der Waals surface area (Å²) in [7, 11) is -3.26. The fourth-order valence-electron chi connectivity index (χ4n) is 3.04. The van der Waals surface area contributed by atoms with Crippen molar-refractivity contribution in [3.05, 3.63) is 66.1 Å². The van der Waals surface area contributed by atoms with Crippen LogP contribution in [-0.2, 0) is 16.4 Å². The Morgan fingerprint density at radius 1 is 1.17 bits per heavy atom. The maximum Gasteiger partial charge on any atom is 0.253 e. The zero-order chi connectivity index (χ0) is 20.6. The summed E-state index contributed by atoms with van der Waals surface area (Å²) in [6.07, 6.45) is 4.30. The number of rotatable bonds is 5. The van der Waals surface area contributed by atoms with Crippen LogP contribution in [0.3, 0.4) is 0 Å². The molecule has 29 heavy (non-hydrogen) atoms. The van der Waals surface area contributed by atoms with E-state index in [1.807, 2.05) is 6.07 Å². The van der Waals surface area contributed by atoms with E-state index in [-0.39, 0.29) is 23.3 Å². The largest absolute Gasteiger partial charge is 0.472 e. The van der Waals surface area contributed by atoms with Crippen molar-refractivity contribution < 1.29 is 17.6 Å². The molecule has 0 fully saturated rings. The van der Waals surface area contributed by atoms with Gasteiger partial charge in [0.05, 0.1) is 28.5 Å². The minimum absolute atomic E-state index is 0.217. The van der Waals surface area contributed by atoms with Crippen molar-refractivity contribution in [3.8, 4) is 11.1 Å². The number of furan rings is 1. The summed E-state index contributed by atoms with van der Waals surface area (Å²) in [4.78, 5) is 20.3. The highest BCUT2D eigenvalue weighted by molar-refractivity contribution is 7.90. The molecule has 0 saturated heterocycles. The van der Waals surface area contributed by atoms with Crippen LogP contribution in [0.4, 0.5) is 5.95 Å². The van der Waals surface area contributed by atoms with E-state index in [1.165, 1.54) is 12.1 Å². The number of fused-ring (bicyclic) bond motifs is 1. The first-order chi connectivity index (χ1) is 13.8. The summed E-state index contributed by atoms with van der Waals surface area (Å²) in [6.45, 7) is 0.236. The first kappa shape index (κ1) is 18.8. The number of hydrogen-bond donors (Lipinski definition) is 3. The van der Waals surface area contributed by atoms with Gasteiger partial charge in [0, 0.05) is 18.4 Å². The van der Waals surface area contributed by atoms with E-state index >= 15 is 0 Å². The molecule has 0 aliphatic heterocycles. The number of nitrogens with two attached hydrogens (primary N) is 1. The maximum atomic E-state index is 12.9. The molecule has 2 heterocycles. The number of amides is 1. The SMILES string of the molecule is CS(=O)(=O)c1ccc(CNC(=O)c2cc(-c3ccoc3)cc3[nH]c(N)nc23)cc1. The van der Waals surface area contributed by atoms with Gasteiger partial charge >= 0.3 is 0 Å². The molecule has 0 unspecified atom stereocenters. The second-order valence-electron chi connectivity index (χ2n) is 6.65. The van der Waals surface area contributed by atoms with Crippen molar-refractivity contribution in [3.63, 3.8) is 0 Å². The van der Waals surface area contributed by atoms with Crippen LogP contribution in [0.5, 0.6) is 0 Å². The lowest BCUT2D eigenvalue weighted by atomic mass is 10.0. The number of aromatic nitrogens is 2. The van der Waals surface area contributed by atoms with E-state index in [0.29, 0.717) is 16.6 Å². The standard InChI is InChI=1S/C20H18N4O4S/c1-29(26,27)15-4-2-12(3-5-15)10-22-19(25)16-8-14(13-6-7-28-11-13)9-17-18(16)24-20(21)23-17/h2-9,11H,10H2,1H3,(H,22,25)(H3,21,23,24). The molecule has 0 aliphatic rings. The van der Waals surface area contributed by atoms with Crippen molar-refractivity contribution in [2.24, 2.45) is 0 Å². The van der Waals surface area contributed by atoms with Gasteiger partial charge in [-0.15, -0.1) is 0 Å². The van der Waals surface area contributed by atoms with Gasteiger partial charge in [-0.3, -0.25) is 4.79 Å². The molecule has 4 aromatic rings. The van der Waals surface area contributed by atoms with E-state index in [9.17, 15) is 13.2 Å². The van der Waals surface area contributed by atoms with Gasteiger partial charge in [0.25, 0.3) is 5.91 Å². The zero-order valence-corrected chi connectivity index (χ0v) is 16.3. The minimum atomic E-state index is -3.26. The first-order valence-corrected chi connectivity index (χ1v) is 10.6. The predicted molar refractivity (Wildman–Crippen MR) is 109 cm³/mol. The molecule has 148 valence electrons. The number of aromatic amines is 1. The van der Waals surface area contributed by atoms with Gasteiger partial charge < -0.3 is 20.5 Å². The van der Waals surface area contributed by atoms with Crippen LogP contribution in [0.25, 0.3) is 22.2 Å². The molecular formula is C20H18N4O4S. The average Bonchev–Trinajstić information content (AvgIpc) is 3.33. The van der Waals surface area contributed by atoms with E-state index in [4.69, 9.17) is 10.2 Å². The number of nitrogens with one attached hydrogen (secondary N) is 2. The van der Waals surface area contributed by atoms with Crippen LogP contribution in [0.1, 0.15) is 15.9 Å². The van der Waals surface area contributed by atoms with Crippen molar-refractivity contribution in [2.45, 2.75) is 11.4 Å². The molecular weight excluding hydrogens is 392 g/mol. The van der Waals surface area contributed by atoms with Gasteiger partial charge in [0.1, 0.15) is 5.52 Å². The quantitative estimate of drug-likeness (QED) is 0.464. The first-order valence-electron chi connectivity index (χ1n) is 8.70. The summed E-state index contributed by atoms with van der Waals surface area (Å²) in [6, 6.07) is 11.7. The Labute approximate surface area is 166 Å². The number of nitrogens with zero attached hydrogens (tertiary/aromatic N) is 1. The predicted octanol–water partition coefficient (Wildman–Crippen LogP) is 2.74. The van der Waals surface area contributed by atoms with Crippen molar-refractivity contribution in [2.75, 3.05) is 12.0 Å². The highest BCUT2D eigenvalue weighted by Gasteiger charge is 2.16. The number of H-pyrrole nitrogens is 1. The van der Waals surface area contributed by atoms with Gasteiger partial charge in [0.15, 0.2) is 15.8 Å². The summed E-state index contributed by atoms with van der Waals surface area (Å²) < 4.78 is 28.2. The Kier molecular flexibility index (Phi) is 4.59. The molecule has 0 saturated carbocycles. The van der Waals surface area contributed by atoms with Gasteiger partial charge in [0.2, 0.25) is 0 Å². The fourth-order valence-corrected chi connectivity index (χ4v) is 3.67. The lowest BCUT2D eigenvalue weighted by molar-refractivity contribution is 0.0952. The highest BCUT2D eigenvalue weighted by Crippen LogP contribution is 2.27. The molecule has 9 heteroatoms. The minimum Gasteiger partial charge on any atom is -0.472 e. The number of anilines is 1. The Hall–Kier alpha value is -3.59.